The first-order valence-electron chi connectivity index (χ1n) is 8.07. The van der Waals surface area contributed by atoms with Crippen molar-refractivity contribution in [1.29, 1.82) is 0 Å². The van der Waals surface area contributed by atoms with Crippen molar-refractivity contribution >= 4 is 40.0 Å². The van der Waals surface area contributed by atoms with Crippen LogP contribution in [-0.2, 0) is 9.59 Å². The van der Waals surface area contributed by atoms with E-state index in [0.717, 1.165) is 5.13 Å². The van der Waals surface area contributed by atoms with Crippen LogP contribution in [0.4, 0.5) is 5.13 Å². The normalized spacial score (nSPS) is 14.3. The van der Waals surface area contributed by atoms with Gasteiger partial charge in [-0.25, -0.2) is 0 Å². The Hall–Kier alpha value is -2.33. The number of piperazine rings is 1. The molecule has 0 saturated carbocycles. The minimum Gasteiger partial charge on any atom is -0.484 e. The molecular weight excluding hydrogens is 374 g/mol. The topological polar surface area (TPSA) is 102 Å². The van der Waals surface area contributed by atoms with Crippen LogP contribution in [0.1, 0.15) is 0 Å². The number of rotatable bonds is 7. The number of benzene rings is 1. The van der Waals surface area contributed by atoms with Gasteiger partial charge in [-0.05, 0) is 12.1 Å². The summed E-state index contributed by atoms with van der Waals surface area (Å²) in [6, 6.07) is 9.30. The summed E-state index contributed by atoms with van der Waals surface area (Å²) < 4.78 is 6.23. The lowest BCUT2D eigenvalue weighted by atomic mass is 10.3. The Morgan fingerprint density at radius 2 is 1.88 bits per heavy atom. The Labute approximate surface area is 159 Å². The summed E-state index contributed by atoms with van der Waals surface area (Å²) in [6.45, 7) is 2.63. The molecule has 0 aliphatic carbocycles. The van der Waals surface area contributed by atoms with Gasteiger partial charge in [0.15, 0.2) is 10.9 Å². The van der Waals surface area contributed by atoms with E-state index in [9.17, 15) is 9.59 Å². The van der Waals surface area contributed by atoms with Crippen LogP contribution in [0.3, 0.4) is 0 Å². The van der Waals surface area contributed by atoms with Gasteiger partial charge in [0.05, 0.1) is 5.75 Å². The number of amides is 2. The van der Waals surface area contributed by atoms with E-state index in [1.54, 1.807) is 4.90 Å². The molecule has 1 aromatic heterocycles. The highest BCUT2D eigenvalue weighted by atomic mass is 32.2. The second kappa shape index (κ2) is 8.86. The lowest BCUT2D eigenvalue weighted by Crippen LogP contribution is -2.50. The van der Waals surface area contributed by atoms with Crippen LogP contribution < -0.4 is 15.4 Å². The van der Waals surface area contributed by atoms with E-state index in [-0.39, 0.29) is 24.2 Å². The third-order valence-electron chi connectivity index (χ3n) is 3.74. The van der Waals surface area contributed by atoms with Gasteiger partial charge in [0.25, 0.3) is 5.91 Å². The number of carbonyl (C=O) groups is 2. The minimum atomic E-state index is -0.378. The fraction of sp³-hybridized carbons (Fsp3) is 0.375. The summed E-state index contributed by atoms with van der Waals surface area (Å²) in [7, 11) is 0. The number of para-hydroxylation sites is 1. The lowest BCUT2D eigenvalue weighted by Gasteiger charge is -2.34. The average Bonchev–Trinajstić information content (AvgIpc) is 3.14. The summed E-state index contributed by atoms with van der Waals surface area (Å²) in [5.74, 6) is 0.479. The van der Waals surface area contributed by atoms with Crippen LogP contribution in [-0.4, -0.2) is 65.5 Å². The van der Waals surface area contributed by atoms with Gasteiger partial charge in [0, 0.05) is 26.2 Å². The average molecular weight is 393 g/mol. The SMILES string of the molecule is NC(=O)CSc1nnc(N2CCN(C(=O)COc3ccccc3)CC2)s1. The molecule has 0 spiro atoms. The molecule has 1 aliphatic rings. The minimum absolute atomic E-state index is 0.0246. The molecule has 0 radical (unpaired) electrons. The van der Waals surface area contributed by atoms with Crippen LogP contribution in [0.15, 0.2) is 34.7 Å². The van der Waals surface area contributed by atoms with Crippen molar-refractivity contribution in [2.24, 2.45) is 5.73 Å². The largest absolute Gasteiger partial charge is 0.484 e. The highest BCUT2D eigenvalue weighted by molar-refractivity contribution is 8.01. The van der Waals surface area contributed by atoms with E-state index in [4.69, 9.17) is 10.5 Å². The number of carbonyl (C=O) groups excluding carboxylic acids is 2. The number of aromatic nitrogens is 2. The van der Waals surface area contributed by atoms with E-state index in [2.05, 4.69) is 15.1 Å². The molecule has 1 aliphatic heterocycles. The maximum Gasteiger partial charge on any atom is 0.260 e. The first-order chi connectivity index (χ1) is 12.6. The van der Waals surface area contributed by atoms with Crippen molar-refractivity contribution in [2.45, 2.75) is 4.34 Å². The third kappa shape index (κ3) is 5.09. The molecule has 10 heteroatoms. The smallest absolute Gasteiger partial charge is 0.260 e. The lowest BCUT2D eigenvalue weighted by molar-refractivity contribution is -0.133. The number of anilines is 1. The molecule has 0 atom stereocenters. The van der Waals surface area contributed by atoms with E-state index in [0.29, 0.717) is 36.3 Å². The summed E-state index contributed by atoms with van der Waals surface area (Å²) in [5.41, 5.74) is 5.13. The molecule has 2 aromatic rings. The molecule has 26 heavy (non-hydrogen) atoms. The van der Waals surface area contributed by atoms with Gasteiger partial charge in [0.1, 0.15) is 5.75 Å². The van der Waals surface area contributed by atoms with Crippen LogP contribution in [0.2, 0.25) is 0 Å². The summed E-state index contributed by atoms with van der Waals surface area (Å²) in [4.78, 5) is 27.0. The van der Waals surface area contributed by atoms with Gasteiger partial charge in [0.2, 0.25) is 11.0 Å². The highest BCUT2D eigenvalue weighted by Gasteiger charge is 2.23. The zero-order valence-corrected chi connectivity index (χ0v) is 15.7. The second-order valence-corrected chi connectivity index (χ2v) is 7.75. The number of nitrogens with zero attached hydrogens (tertiary/aromatic N) is 4. The third-order valence-corrected chi connectivity index (χ3v) is 5.88. The van der Waals surface area contributed by atoms with Crippen molar-refractivity contribution in [2.75, 3.05) is 43.4 Å². The summed E-state index contributed by atoms with van der Waals surface area (Å²) in [6.07, 6.45) is 0. The van der Waals surface area contributed by atoms with Crippen molar-refractivity contribution in [1.82, 2.24) is 15.1 Å². The van der Waals surface area contributed by atoms with Crippen LogP contribution in [0, 0.1) is 0 Å². The molecule has 1 aromatic carbocycles. The molecule has 2 N–H and O–H groups in total. The second-order valence-electron chi connectivity index (χ2n) is 5.58. The summed E-state index contributed by atoms with van der Waals surface area (Å²) >= 11 is 2.72. The fourth-order valence-corrected chi connectivity index (χ4v) is 4.05. The Balaban J connectivity index is 1.45. The highest BCUT2D eigenvalue weighted by Crippen LogP contribution is 2.28. The molecule has 138 valence electrons. The monoisotopic (exact) mass is 393 g/mol. The Morgan fingerprint density at radius 3 is 2.58 bits per heavy atom. The van der Waals surface area contributed by atoms with Crippen molar-refractivity contribution < 1.29 is 14.3 Å². The summed E-state index contributed by atoms with van der Waals surface area (Å²) in [5, 5.41) is 9.01. The molecule has 2 heterocycles. The van der Waals surface area contributed by atoms with Crippen molar-refractivity contribution in [3.05, 3.63) is 30.3 Å². The quantitative estimate of drug-likeness (QED) is 0.696. The van der Waals surface area contributed by atoms with Gasteiger partial charge >= 0.3 is 0 Å². The van der Waals surface area contributed by atoms with E-state index >= 15 is 0 Å². The Bertz CT molecular complexity index is 747. The first kappa shape index (κ1) is 18.5. The van der Waals surface area contributed by atoms with Crippen LogP contribution in [0.5, 0.6) is 5.75 Å². The Kier molecular flexibility index (Phi) is 6.29. The number of nitrogens with two attached hydrogens (primary N) is 1. The fourth-order valence-electron chi connectivity index (χ4n) is 2.42. The number of thioether (sulfide) groups is 1. The maximum atomic E-state index is 12.3. The van der Waals surface area contributed by atoms with Crippen LogP contribution in [0.25, 0.3) is 0 Å². The molecule has 2 amide bonds. The van der Waals surface area contributed by atoms with Gasteiger partial charge in [-0.3, -0.25) is 9.59 Å². The first-order valence-corrected chi connectivity index (χ1v) is 9.87. The number of primary amides is 1. The number of hydrogen-bond acceptors (Lipinski definition) is 8. The number of ether oxygens (including phenoxy) is 1. The molecule has 0 bridgehead atoms. The van der Waals surface area contributed by atoms with Crippen molar-refractivity contribution in [3.63, 3.8) is 0 Å². The van der Waals surface area contributed by atoms with E-state index in [1.165, 1.54) is 23.1 Å². The molecule has 1 saturated heterocycles. The van der Waals surface area contributed by atoms with Crippen molar-refractivity contribution in [3.8, 4) is 5.75 Å². The van der Waals surface area contributed by atoms with E-state index < -0.39 is 0 Å². The molecular formula is C16H19N5O3S2. The zero-order valence-electron chi connectivity index (χ0n) is 14.0. The van der Waals surface area contributed by atoms with Gasteiger partial charge in [-0.2, -0.15) is 0 Å². The zero-order chi connectivity index (χ0) is 18.4. The number of hydrogen-bond donors (Lipinski definition) is 1. The molecule has 1 fully saturated rings. The standard InChI is InChI=1S/C16H19N5O3S2/c17-13(22)11-25-16-19-18-15(26-16)21-8-6-20(7-9-21)14(23)10-24-12-4-2-1-3-5-12/h1-5H,6-11H2,(H2,17,22). The van der Waals surface area contributed by atoms with Gasteiger partial charge in [-0.1, -0.05) is 41.3 Å². The van der Waals surface area contributed by atoms with E-state index in [1.807, 2.05) is 30.3 Å². The predicted octanol–water partition coefficient (Wildman–Crippen LogP) is 0.843. The van der Waals surface area contributed by atoms with Crippen LogP contribution >= 0.6 is 23.1 Å². The Morgan fingerprint density at radius 1 is 1.15 bits per heavy atom. The molecule has 0 unspecified atom stereocenters. The molecule has 3 rings (SSSR count). The molecule has 8 nitrogen and oxygen atoms in total. The predicted molar refractivity (Wildman–Crippen MR) is 101 cm³/mol. The van der Waals surface area contributed by atoms with Gasteiger partial charge in [-0.15, -0.1) is 10.2 Å². The maximum absolute atomic E-state index is 12.3. The van der Waals surface area contributed by atoms with Gasteiger partial charge < -0.3 is 20.3 Å².